The van der Waals surface area contributed by atoms with Crippen LogP contribution in [0.15, 0.2) is 0 Å². The van der Waals surface area contributed by atoms with Crippen molar-refractivity contribution in [2.24, 2.45) is 5.92 Å². The fourth-order valence-electron chi connectivity index (χ4n) is 3.42. The lowest BCUT2D eigenvalue weighted by Gasteiger charge is -2.30. The van der Waals surface area contributed by atoms with Gasteiger partial charge in [-0.2, -0.15) is 0 Å². The predicted octanol–water partition coefficient (Wildman–Crippen LogP) is 6.15. The number of unbranched alkanes of at least 4 members (excludes halogenated alkanes) is 5. The Balaban J connectivity index is 2.12. The molecule has 0 amide bonds. The average Bonchev–Trinajstić information content (AvgIpc) is 2.87. The highest BCUT2D eigenvalue weighted by Gasteiger charge is 2.29. The first-order valence-electron chi connectivity index (χ1n) is 8.73. The molecule has 1 saturated carbocycles. The van der Waals surface area contributed by atoms with Gasteiger partial charge in [0.2, 0.25) is 0 Å². The van der Waals surface area contributed by atoms with Crippen molar-refractivity contribution in [3.63, 3.8) is 0 Å². The summed E-state index contributed by atoms with van der Waals surface area (Å²) in [6.07, 6.45) is 14.6. The SMILES string of the molecule is CCCCCCCC[Si](C)(C)OC(C)C1CCCC1. The van der Waals surface area contributed by atoms with Gasteiger partial charge in [0.15, 0.2) is 8.32 Å². The van der Waals surface area contributed by atoms with Gasteiger partial charge in [-0.1, -0.05) is 58.3 Å². The molecule has 0 spiro atoms. The monoisotopic (exact) mass is 284 g/mol. The predicted molar refractivity (Wildman–Crippen MR) is 88.2 cm³/mol. The third kappa shape index (κ3) is 7.50. The van der Waals surface area contributed by atoms with Gasteiger partial charge in [0, 0.05) is 6.10 Å². The van der Waals surface area contributed by atoms with Gasteiger partial charge < -0.3 is 4.43 Å². The Morgan fingerprint density at radius 2 is 1.58 bits per heavy atom. The largest absolute Gasteiger partial charge is 0.414 e. The van der Waals surface area contributed by atoms with Crippen molar-refractivity contribution < 1.29 is 4.43 Å². The first-order valence-corrected chi connectivity index (χ1v) is 11.8. The summed E-state index contributed by atoms with van der Waals surface area (Å²) in [5, 5.41) is 0. The smallest absolute Gasteiger partial charge is 0.187 e. The van der Waals surface area contributed by atoms with Crippen LogP contribution in [-0.2, 0) is 4.43 Å². The summed E-state index contributed by atoms with van der Waals surface area (Å²) in [6.45, 7) is 9.45. The fourth-order valence-corrected chi connectivity index (χ4v) is 5.83. The molecule has 1 unspecified atom stereocenters. The van der Waals surface area contributed by atoms with E-state index in [0.717, 1.165) is 5.92 Å². The lowest BCUT2D eigenvalue weighted by molar-refractivity contribution is 0.144. The molecule has 0 saturated heterocycles. The molecule has 1 rings (SSSR count). The van der Waals surface area contributed by atoms with Crippen LogP contribution < -0.4 is 0 Å². The molecule has 0 aromatic rings. The fraction of sp³-hybridized carbons (Fsp3) is 1.00. The molecule has 0 radical (unpaired) electrons. The summed E-state index contributed by atoms with van der Waals surface area (Å²) in [5.41, 5.74) is 0. The van der Waals surface area contributed by atoms with Gasteiger partial charge in [-0.25, -0.2) is 0 Å². The van der Waals surface area contributed by atoms with E-state index in [0.29, 0.717) is 6.10 Å². The second kappa shape index (κ2) is 9.18. The second-order valence-corrected chi connectivity index (χ2v) is 11.4. The Morgan fingerprint density at radius 3 is 2.21 bits per heavy atom. The summed E-state index contributed by atoms with van der Waals surface area (Å²) in [6, 6.07) is 1.36. The maximum Gasteiger partial charge on any atom is 0.187 e. The molecule has 0 aliphatic heterocycles. The summed E-state index contributed by atoms with van der Waals surface area (Å²) < 4.78 is 6.49. The molecule has 1 aliphatic carbocycles. The molecule has 0 aromatic carbocycles. The van der Waals surface area contributed by atoms with Crippen molar-refractivity contribution in [1.82, 2.24) is 0 Å². The molecular formula is C17H36OSi. The van der Waals surface area contributed by atoms with E-state index in [4.69, 9.17) is 4.43 Å². The minimum atomic E-state index is -1.40. The van der Waals surface area contributed by atoms with Gasteiger partial charge >= 0.3 is 0 Å². The van der Waals surface area contributed by atoms with Crippen LogP contribution in [0.4, 0.5) is 0 Å². The van der Waals surface area contributed by atoms with Gasteiger partial charge in [0.05, 0.1) is 0 Å². The zero-order chi connectivity index (χ0) is 14.1. The van der Waals surface area contributed by atoms with Crippen LogP contribution >= 0.6 is 0 Å². The summed E-state index contributed by atoms with van der Waals surface area (Å²) in [7, 11) is -1.40. The molecule has 1 fully saturated rings. The normalized spacial score (nSPS) is 18.9. The summed E-state index contributed by atoms with van der Waals surface area (Å²) in [5.74, 6) is 0.858. The van der Waals surface area contributed by atoms with Crippen molar-refractivity contribution in [3.05, 3.63) is 0 Å². The van der Waals surface area contributed by atoms with Crippen LogP contribution in [0.25, 0.3) is 0 Å². The van der Waals surface area contributed by atoms with E-state index in [1.807, 2.05) is 0 Å². The minimum absolute atomic E-state index is 0.518. The Morgan fingerprint density at radius 1 is 1.00 bits per heavy atom. The number of hydrogen-bond donors (Lipinski definition) is 0. The Kier molecular flexibility index (Phi) is 8.32. The van der Waals surface area contributed by atoms with Gasteiger partial charge in [-0.15, -0.1) is 0 Å². The van der Waals surface area contributed by atoms with Crippen LogP contribution in [0.2, 0.25) is 19.1 Å². The molecule has 1 atom stereocenters. The lowest BCUT2D eigenvalue weighted by atomic mass is 10.0. The number of rotatable bonds is 10. The van der Waals surface area contributed by atoms with Crippen LogP contribution in [0.5, 0.6) is 0 Å². The third-order valence-corrected chi connectivity index (χ3v) is 7.27. The van der Waals surface area contributed by atoms with E-state index in [9.17, 15) is 0 Å². The molecule has 1 nitrogen and oxygen atoms in total. The topological polar surface area (TPSA) is 9.23 Å². The number of hydrogen-bond acceptors (Lipinski definition) is 1. The molecule has 0 aromatic heterocycles. The van der Waals surface area contributed by atoms with E-state index in [1.165, 1.54) is 70.3 Å². The van der Waals surface area contributed by atoms with E-state index >= 15 is 0 Å². The van der Waals surface area contributed by atoms with E-state index in [1.54, 1.807) is 0 Å². The van der Waals surface area contributed by atoms with Gasteiger partial charge in [-0.3, -0.25) is 0 Å². The van der Waals surface area contributed by atoms with Gasteiger partial charge in [0.25, 0.3) is 0 Å². The maximum absolute atomic E-state index is 6.49. The van der Waals surface area contributed by atoms with Crippen molar-refractivity contribution in [1.29, 1.82) is 0 Å². The first-order chi connectivity index (χ1) is 9.05. The van der Waals surface area contributed by atoms with Crippen LogP contribution in [-0.4, -0.2) is 14.4 Å². The van der Waals surface area contributed by atoms with Crippen LogP contribution in [0, 0.1) is 5.92 Å². The molecule has 0 N–H and O–H groups in total. The van der Waals surface area contributed by atoms with E-state index < -0.39 is 8.32 Å². The van der Waals surface area contributed by atoms with Gasteiger partial charge in [-0.05, 0) is 44.8 Å². The van der Waals surface area contributed by atoms with E-state index in [2.05, 4.69) is 26.9 Å². The molecule has 0 heterocycles. The highest BCUT2D eigenvalue weighted by atomic mass is 28.4. The highest BCUT2D eigenvalue weighted by molar-refractivity contribution is 6.71. The summed E-state index contributed by atoms with van der Waals surface area (Å²) >= 11 is 0. The molecule has 114 valence electrons. The minimum Gasteiger partial charge on any atom is -0.414 e. The van der Waals surface area contributed by atoms with Crippen molar-refractivity contribution >= 4 is 8.32 Å². The molecular weight excluding hydrogens is 248 g/mol. The molecule has 0 bridgehead atoms. The van der Waals surface area contributed by atoms with Crippen LogP contribution in [0.1, 0.15) is 78.1 Å². The van der Waals surface area contributed by atoms with E-state index in [-0.39, 0.29) is 0 Å². The van der Waals surface area contributed by atoms with Crippen molar-refractivity contribution in [3.8, 4) is 0 Å². The Labute approximate surface area is 122 Å². The van der Waals surface area contributed by atoms with Crippen molar-refractivity contribution in [2.45, 2.75) is 103 Å². The first kappa shape index (κ1) is 17.2. The maximum atomic E-state index is 6.49. The lowest BCUT2D eigenvalue weighted by Crippen LogP contribution is -2.36. The van der Waals surface area contributed by atoms with Crippen molar-refractivity contribution in [2.75, 3.05) is 0 Å². The zero-order valence-corrected chi connectivity index (χ0v) is 14.8. The Bertz CT molecular complexity index is 221. The quantitative estimate of drug-likeness (QED) is 0.345. The van der Waals surface area contributed by atoms with Gasteiger partial charge in [0.1, 0.15) is 0 Å². The average molecular weight is 285 g/mol. The zero-order valence-electron chi connectivity index (χ0n) is 13.8. The molecule has 19 heavy (non-hydrogen) atoms. The standard InChI is InChI=1S/C17H36OSi/c1-5-6-7-8-9-12-15-19(3,4)18-16(2)17-13-10-11-14-17/h16-17H,5-15H2,1-4H3. The summed E-state index contributed by atoms with van der Waals surface area (Å²) in [4.78, 5) is 0. The molecule has 1 aliphatic rings. The second-order valence-electron chi connectivity index (χ2n) is 7.14. The Hall–Kier alpha value is 0.177. The highest BCUT2D eigenvalue weighted by Crippen LogP contribution is 2.31. The third-order valence-electron chi connectivity index (χ3n) is 4.70. The van der Waals surface area contributed by atoms with Crippen LogP contribution in [0.3, 0.4) is 0 Å². The molecule has 2 heteroatoms.